The van der Waals surface area contributed by atoms with Crippen molar-refractivity contribution in [3.8, 4) is 6.07 Å². The van der Waals surface area contributed by atoms with Crippen LogP contribution in [0.1, 0.15) is 117 Å². The number of hydrogen-bond donors (Lipinski definition) is 0. The van der Waals surface area contributed by atoms with E-state index in [0.717, 1.165) is 35.5 Å². The van der Waals surface area contributed by atoms with Crippen LogP contribution in [0.5, 0.6) is 0 Å². The summed E-state index contributed by atoms with van der Waals surface area (Å²) in [6.45, 7) is 4.87. The standard InChI is InChI=1S/C29H47N/c1-21-3-9-24(10-4-21)26-13-7-23(8-14-26)19-29(20-30)28-17-15-27(16-18-28)25-11-5-22(2)6-12-25/h19,21-28H,3-18H2,1-2H3/b29-19+. The first kappa shape index (κ1) is 22.4. The van der Waals surface area contributed by atoms with E-state index in [1.807, 2.05) is 0 Å². The molecule has 0 unspecified atom stereocenters. The van der Waals surface area contributed by atoms with E-state index >= 15 is 0 Å². The maximum absolute atomic E-state index is 9.92. The van der Waals surface area contributed by atoms with Crippen molar-refractivity contribution < 1.29 is 0 Å². The van der Waals surface area contributed by atoms with Gasteiger partial charge in [-0.2, -0.15) is 5.26 Å². The van der Waals surface area contributed by atoms with Crippen LogP contribution >= 0.6 is 0 Å². The Balaban J connectivity index is 1.23. The number of nitriles is 1. The Hall–Kier alpha value is -0.770. The molecule has 0 aliphatic heterocycles. The topological polar surface area (TPSA) is 23.8 Å². The van der Waals surface area contributed by atoms with Crippen LogP contribution in [0.25, 0.3) is 0 Å². The first-order chi connectivity index (χ1) is 14.6. The molecule has 0 atom stereocenters. The van der Waals surface area contributed by atoms with Gasteiger partial charge in [0.05, 0.1) is 6.07 Å². The minimum Gasteiger partial charge on any atom is -0.193 e. The number of hydrogen-bond acceptors (Lipinski definition) is 1. The molecule has 0 radical (unpaired) electrons. The van der Waals surface area contributed by atoms with Crippen molar-refractivity contribution in [1.82, 2.24) is 0 Å². The lowest BCUT2D eigenvalue weighted by Crippen LogP contribution is -2.26. The van der Waals surface area contributed by atoms with Crippen molar-refractivity contribution in [3.05, 3.63) is 11.6 Å². The van der Waals surface area contributed by atoms with Crippen LogP contribution in [-0.2, 0) is 0 Å². The SMILES string of the molecule is CC1CCC(C2CCC(/C=C(\C#N)C3CCC(C4CCC(C)CC4)CC3)CC2)CC1. The molecule has 1 heteroatoms. The zero-order chi connectivity index (χ0) is 20.9. The molecule has 0 N–H and O–H groups in total. The van der Waals surface area contributed by atoms with E-state index in [1.54, 1.807) is 0 Å². The molecule has 1 nitrogen and oxygen atoms in total. The van der Waals surface area contributed by atoms with Crippen molar-refractivity contribution >= 4 is 0 Å². The molecule has 168 valence electrons. The molecule has 30 heavy (non-hydrogen) atoms. The van der Waals surface area contributed by atoms with E-state index in [-0.39, 0.29) is 0 Å². The van der Waals surface area contributed by atoms with Gasteiger partial charge < -0.3 is 0 Å². The molecule has 0 bridgehead atoms. The third-order valence-corrected chi connectivity index (χ3v) is 10.0. The molecular weight excluding hydrogens is 362 g/mol. The Bertz CT molecular complexity index is 580. The van der Waals surface area contributed by atoms with Gasteiger partial charge in [0.1, 0.15) is 0 Å². The van der Waals surface area contributed by atoms with Crippen molar-refractivity contribution in [2.75, 3.05) is 0 Å². The molecule has 0 aromatic heterocycles. The summed E-state index contributed by atoms with van der Waals surface area (Å²) in [4.78, 5) is 0. The van der Waals surface area contributed by atoms with Gasteiger partial charge in [-0.1, -0.05) is 45.6 Å². The fourth-order valence-corrected chi connectivity index (χ4v) is 7.72. The number of nitrogens with zero attached hydrogens (tertiary/aromatic N) is 1. The summed E-state index contributed by atoms with van der Waals surface area (Å²) >= 11 is 0. The lowest BCUT2D eigenvalue weighted by Gasteiger charge is -2.38. The number of rotatable bonds is 4. The first-order valence-electron chi connectivity index (χ1n) is 13.7. The van der Waals surface area contributed by atoms with Crippen LogP contribution in [0, 0.1) is 58.7 Å². The summed E-state index contributed by atoms with van der Waals surface area (Å²) in [5.41, 5.74) is 1.17. The highest BCUT2D eigenvalue weighted by Crippen LogP contribution is 2.44. The lowest BCUT2D eigenvalue weighted by molar-refractivity contribution is 0.156. The van der Waals surface area contributed by atoms with Gasteiger partial charge >= 0.3 is 0 Å². The highest BCUT2D eigenvalue weighted by molar-refractivity contribution is 5.25. The van der Waals surface area contributed by atoms with Crippen LogP contribution in [0.2, 0.25) is 0 Å². The average molecular weight is 410 g/mol. The molecule has 0 amide bonds. The fourth-order valence-electron chi connectivity index (χ4n) is 7.72. The van der Waals surface area contributed by atoms with Crippen molar-refractivity contribution in [2.45, 2.75) is 117 Å². The smallest absolute Gasteiger partial charge is 0.0946 e. The van der Waals surface area contributed by atoms with Gasteiger partial charge in [-0.3, -0.25) is 0 Å². The molecule has 0 aromatic rings. The van der Waals surface area contributed by atoms with E-state index in [4.69, 9.17) is 0 Å². The predicted octanol–water partition coefficient (Wildman–Crippen LogP) is 8.70. The third-order valence-electron chi connectivity index (χ3n) is 10.0. The molecule has 0 heterocycles. The summed E-state index contributed by atoms with van der Waals surface area (Å²) in [5, 5.41) is 9.92. The van der Waals surface area contributed by atoms with Crippen LogP contribution in [-0.4, -0.2) is 0 Å². The van der Waals surface area contributed by atoms with Crippen LogP contribution < -0.4 is 0 Å². The Morgan fingerprint density at radius 3 is 1.33 bits per heavy atom. The second-order valence-corrected chi connectivity index (χ2v) is 12.1. The quantitative estimate of drug-likeness (QED) is 0.426. The summed E-state index contributed by atoms with van der Waals surface area (Å²) in [6, 6.07) is 2.66. The Kier molecular flexibility index (Phi) is 8.00. The molecule has 0 spiro atoms. The average Bonchev–Trinajstić information content (AvgIpc) is 2.79. The van der Waals surface area contributed by atoms with Gasteiger partial charge in [-0.15, -0.1) is 0 Å². The van der Waals surface area contributed by atoms with Crippen molar-refractivity contribution in [3.63, 3.8) is 0 Å². The van der Waals surface area contributed by atoms with E-state index in [0.29, 0.717) is 11.8 Å². The Morgan fingerprint density at radius 2 is 0.933 bits per heavy atom. The van der Waals surface area contributed by atoms with Crippen LogP contribution in [0.15, 0.2) is 11.6 Å². The molecule has 0 aromatic carbocycles. The predicted molar refractivity (Wildman–Crippen MR) is 127 cm³/mol. The second-order valence-electron chi connectivity index (χ2n) is 12.1. The number of allylic oxidation sites excluding steroid dienone is 2. The largest absolute Gasteiger partial charge is 0.193 e. The van der Waals surface area contributed by atoms with Crippen molar-refractivity contribution in [2.24, 2.45) is 47.3 Å². The highest BCUT2D eigenvalue weighted by atomic mass is 14.4. The van der Waals surface area contributed by atoms with Gasteiger partial charge in [-0.25, -0.2) is 0 Å². The summed E-state index contributed by atoms with van der Waals surface area (Å²) in [7, 11) is 0. The Labute approximate surface area is 187 Å². The van der Waals surface area contributed by atoms with Crippen LogP contribution in [0.3, 0.4) is 0 Å². The molecule has 4 aliphatic rings. The summed E-state index contributed by atoms with van der Waals surface area (Å²) in [6.07, 6.45) is 25.1. The zero-order valence-electron chi connectivity index (χ0n) is 20.0. The molecule has 4 fully saturated rings. The van der Waals surface area contributed by atoms with Gasteiger partial charge in [0.25, 0.3) is 0 Å². The minimum absolute atomic E-state index is 0.575. The van der Waals surface area contributed by atoms with Gasteiger partial charge in [0.15, 0.2) is 0 Å². The van der Waals surface area contributed by atoms with Gasteiger partial charge in [0, 0.05) is 5.57 Å². The van der Waals surface area contributed by atoms with Crippen LogP contribution in [0.4, 0.5) is 0 Å². The van der Waals surface area contributed by atoms with Gasteiger partial charge in [-0.05, 0) is 124 Å². The summed E-state index contributed by atoms with van der Waals surface area (Å²) < 4.78 is 0. The fraction of sp³-hybridized carbons (Fsp3) is 0.897. The first-order valence-corrected chi connectivity index (χ1v) is 13.7. The molecule has 4 rings (SSSR count). The van der Waals surface area contributed by atoms with E-state index in [1.165, 1.54) is 108 Å². The maximum Gasteiger partial charge on any atom is 0.0946 e. The van der Waals surface area contributed by atoms with E-state index < -0.39 is 0 Å². The molecular formula is C29H47N. The molecule has 0 saturated heterocycles. The van der Waals surface area contributed by atoms with Gasteiger partial charge in [0.2, 0.25) is 0 Å². The monoisotopic (exact) mass is 409 g/mol. The molecule has 4 saturated carbocycles. The highest BCUT2D eigenvalue weighted by Gasteiger charge is 2.32. The van der Waals surface area contributed by atoms with Crippen molar-refractivity contribution in [1.29, 1.82) is 5.26 Å². The lowest BCUT2D eigenvalue weighted by atomic mass is 9.67. The normalized spacial score (nSPS) is 43.7. The maximum atomic E-state index is 9.92. The zero-order valence-corrected chi connectivity index (χ0v) is 20.0. The summed E-state index contributed by atoms with van der Waals surface area (Å²) in [5.74, 6) is 7.15. The third kappa shape index (κ3) is 5.72. The Morgan fingerprint density at radius 1 is 0.567 bits per heavy atom. The molecule has 4 aliphatic carbocycles. The van der Waals surface area contributed by atoms with E-state index in [9.17, 15) is 5.26 Å². The van der Waals surface area contributed by atoms with E-state index in [2.05, 4.69) is 26.0 Å². The second kappa shape index (κ2) is 10.7. The minimum atomic E-state index is 0.575.